The maximum atomic E-state index is 11.1. The Morgan fingerprint density at radius 1 is 1.39 bits per heavy atom. The number of rotatable bonds is 4. The zero-order chi connectivity index (χ0) is 13.0. The fraction of sp³-hybridized carbons (Fsp3) is 0.750. The normalized spacial score (nSPS) is 17.6. The minimum atomic E-state index is -1.04. The van der Waals surface area contributed by atoms with Crippen molar-refractivity contribution >= 4 is 5.97 Å². The third kappa shape index (κ3) is 2.69. The molecule has 18 heavy (non-hydrogen) atoms. The van der Waals surface area contributed by atoms with Crippen molar-refractivity contribution in [2.75, 3.05) is 7.11 Å². The molecule has 100 valence electrons. The number of carboxylic acid groups (broad SMARTS) is 1. The van der Waals surface area contributed by atoms with E-state index in [-0.39, 0.29) is 18.3 Å². The van der Waals surface area contributed by atoms with Crippen LogP contribution in [-0.2, 0) is 11.3 Å². The van der Waals surface area contributed by atoms with E-state index in [0.717, 1.165) is 12.8 Å². The van der Waals surface area contributed by atoms with Gasteiger partial charge >= 0.3 is 5.97 Å². The Labute approximate surface area is 106 Å². The van der Waals surface area contributed by atoms with Gasteiger partial charge in [0.2, 0.25) is 0 Å². The Bertz CT molecular complexity index is 409. The van der Waals surface area contributed by atoms with Crippen molar-refractivity contribution in [1.29, 1.82) is 0 Å². The Kier molecular flexibility index (Phi) is 4.30. The lowest BCUT2D eigenvalue weighted by molar-refractivity contribution is 0.0684. The molecular formula is C12H19N3O3. The molecule has 2 rings (SSSR count). The molecule has 0 amide bonds. The van der Waals surface area contributed by atoms with Gasteiger partial charge in [-0.05, 0) is 12.8 Å². The van der Waals surface area contributed by atoms with E-state index >= 15 is 0 Å². The SMILES string of the molecule is COCc1c(C(=O)O)nnn1C1CCCCCC1. The first-order valence-electron chi connectivity index (χ1n) is 6.40. The molecule has 1 aliphatic carbocycles. The van der Waals surface area contributed by atoms with E-state index < -0.39 is 5.97 Å². The number of methoxy groups -OCH3 is 1. The number of carboxylic acids is 1. The van der Waals surface area contributed by atoms with Crippen molar-refractivity contribution < 1.29 is 14.6 Å². The van der Waals surface area contributed by atoms with Gasteiger partial charge in [-0.2, -0.15) is 0 Å². The molecule has 0 atom stereocenters. The summed E-state index contributed by atoms with van der Waals surface area (Å²) in [6.45, 7) is 0.241. The van der Waals surface area contributed by atoms with E-state index in [2.05, 4.69) is 10.3 Å². The first-order valence-corrected chi connectivity index (χ1v) is 6.40. The highest BCUT2D eigenvalue weighted by atomic mass is 16.5. The molecule has 0 bridgehead atoms. The molecule has 0 aromatic carbocycles. The monoisotopic (exact) mass is 253 g/mol. The molecule has 1 aromatic heterocycles. The van der Waals surface area contributed by atoms with Gasteiger partial charge in [0.25, 0.3) is 0 Å². The summed E-state index contributed by atoms with van der Waals surface area (Å²) in [7, 11) is 1.55. The highest BCUT2D eigenvalue weighted by molar-refractivity contribution is 5.86. The smallest absolute Gasteiger partial charge is 0.358 e. The van der Waals surface area contributed by atoms with Gasteiger partial charge in [-0.25, -0.2) is 9.48 Å². The van der Waals surface area contributed by atoms with Crippen LogP contribution >= 0.6 is 0 Å². The van der Waals surface area contributed by atoms with E-state index in [9.17, 15) is 4.79 Å². The van der Waals surface area contributed by atoms with Crippen molar-refractivity contribution in [1.82, 2.24) is 15.0 Å². The topological polar surface area (TPSA) is 77.2 Å². The lowest BCUT2D eigenvalue weighted by Gasteiger charge is -2.16. The molecule has 6 nitrogen and oxygen atoms in total. The predicted octanol–water partition coefficient (Wildman–Crippen LogP) is 2.02. The number of aromatic nitrogens is 3. The van der Waals surface area contributed by atoms with E-state index in [1.807, 2.05) is 0 Å². The minimum Gasteiger partial charge on any atom is -0.476 e. The molecule has 1 heterocycles. The number of nitrogens with zero attached hydrogens (tertiary/aromatic N) is 3. The van der Waals surface area contributed by atoms with Crippen LogP contribution in [0, 0.1) is 0 Å². The molecule has 0 radical (unpaired) electrons. The second-order valence-corrected chi connectivity index (χ2v) is 4.71. The summed E-state index contributed by atoms with van der Waals surface area (Å²) < 4.78 is 6.84. The highest BCUT2D eigenvalue weighted by Gasteiger charge is 2.24. The van der Waals surface area contributed by atoms with Crippen LogP contribution in [0.2, 0.25) is 0 Å². The zero-order valence-electron chi connectivity index (χ0n) is 10.6. The van der Waals surface area contributed by atoms with Gasteiger partial charge in [0.05, 0.1) is 18.3 Å². The molecule has 0 unspecified atom stereocenters. The third-order valence-corrected chi connectivity index (χ3v) is 3.45. The summed E-state index contributed by atoms with van der Waals surface area (Å²) in [6, 6.07) is 0.262. The summed E-state index contributed by atoms with van der Waals surface area (Å²) in [5.74, 6) is -1.04. The van der Waals surface area contributed by atoms with Gasteiger partial charge in [-0.1, -0.05) is 30.9 Å². The fourth-order valence-electron chi connectivity index (χ4n) is 2.55. The molecule has 1 N–H and O–H groups in total. The highest BCUT2D eigenvalue weighted by Crippen LogP contribution is 2.28. The quantitative estimate of drug-likeness (QED) is 0.830. The van der Waals surface area contributed by atoms with Crippen LogP contribution in [-0.4, -0.2) is 33.2 Å². The van der Waals surface area contributed by atoms with E-state index in [1.165, 1.54) is 25.7 Å². The second-order valence-electron chi connectivity index (χ2n) is 4.71. The maximum absolute atomic E-state index is 11.1. The van der Waals surface area contributed by atoms with Crippen LogP contribution in [0.25, 0.3) is 0 Å². The summed E-state index contributed by atoms with van der Waals surface area (Å²) in [6.07, 6.45) is 6.91. The van der Waals surface area contributed by atoms with Crippen molar-refractivity contribution in [2.24, 2.45) is 0 Å². The van der Waals surface area contributed by atoms with Crippen molar-refractivity contribution in [2.45, 2.75) is 51.2 Å². The van der Waals surface area contributed by atoms with Gasteiger partial charge < -0.3 is 9.84 Å². The van der Waals surface area contributed by atoms with Gasteiger partial charge in [0.1, 0.15) is 0 Å². The first-order chi connectivity index (χ1) is 8.74. The minimum absolute atomic E-state index is 0.0149. The summed E-state index contributed by atoms with van der Waals surface area (Å²) in [5.41, 5.74) is 0.595. The molecule has 0 aliphatic heterocycles. The largest absolute Gasteiger partial charge is 0.476 e. The van der Waals surface area contributed by atoms with Crippen LogP contribution in [0.15, 0.2) is 0 Å². The molecule has 1 saturated carbocycles. The molecule has 6 heteroatoms. The Morgan fingerprint density at radius 2 is 2.06 bits per heavy atom. The van der Waals surface area contributed by atoms with Crippen molar-refractivity contribution in [3.05, 3.63) is 11.4 Å². The number of hydrogen-bond acceptors (Lipinski definition) is 4. The maximum Gasteiger partial charge on any atom is 0.358 e. The Hall–Kier alpha value is -1.43. The lowest BCUT2D eigenvalue weighted by Crippen LogP contribution is -2.15. The average Bonchev–Trinajstić information content (AvgIpc) is 2.59. The number of ether oxygens (including phenoxy) is 1. The van der Waals surface area contributed by atoms with E-state index in [1.54, 1.807) is 11.8 Å². The fourth-order valence-corrected chi connectivity index (χ4v) is 2.55. The predicted molar refractivity (Wildman–Crippen MR) is 64.4 cm³/mol. The number of aromatic carboxylic acids is 1. The van der Waals surface area contributed by atoms with Crippen LogP contribution in [0.3, 0.4) is 0 Å². The molecule has 1 aromatic rings. The summed E-state index contributed by atoms with van der Waals surface area (Å²) in [4.78, 5) is 11.1. The average molecular weight is 253 g/mol. The third-order valence-electron chi connectivity index (χ3n) is 3.45. The van der Waals surface area contributed by atoms with E-state index in [0.29, 0.717) is 5.69 Å². The van der Waals surface area contributed by atoms with Crippen molar-refractivity contribution in [3.8, 4) is 0 Å². The number of carbonyl (C=O) groups is 1. The molecule has 0 saturated heterocycles. The van der Waals surface area contributed by atoms with E-state index in [4.69, 9.17) is 9.84 Å². The second kappa shape index (κ2) is 5.95. The molecule has 0 spiro atoms. The van der Waals surface area contributed by atoms with Crippen molar-refractivity contribution in [3.63, 3.8) is 0 Å². The van der Waals surface area contributed by atoms with Crippen LogP contribution < -0.4 is 0 Å². The number of hydrogen-bond donors (Lipinski definition) is 1. The van der Waals surface area contributed by atoms with Gasteiger partial charge in [0.15, 0.2) is 5.69 Å². The van der Waals surface area contributed by atoms with Gasteiger partial charge in [-0.15, -0.1) is 5.10 Å². The Morgan fingerprint density at radius 3 is 2.61 bits per heavy atom. The first kappa shape index (κ1) is 13.0. The van der Waals surface area contributed by atoms with Crippen LogP contribution in [0.4, 0.5) is 0 Å². The molecular weight excluding hydrogens is 234 g/mol. The molecule has 1 fully saturated rings. The summed E-state index contributed by atoms with van der Waals surface area (Å²) >= 11 is 0. The van der Waals surface area contributed by atoms with Gasteiger partial charge in [-0.3, -0.25) is 0 Å². The Balaban J connectivity index is 2.27. The summed E-state index contributed by atoms with van der Waals surface area (Å²) in [5, 5.41) is 16.9. The van der Waals surface area contributed by atoms with Crippen LogP contribution in [0.1, 0.15) is 60.7 Å². The zero-order valence-corrected chi connectivity index (χ0v) is 10.6. The lowest BCUT2D eigenvalue weighted by atomic mass is 10.1. The molecule has 1 aliphatic rings. The van der Waals surface area contributed by atoms with Crippen LogP contribution in [0.5, 0.6) is 0 Å². The van der Waals surface area contributed by atoms with Gasteiger partial charge in [0, 0.05) is 7.11 Å². The standard InChI is InChI=1S/C12H19N3O3/c1-18-8-10-11(12(16)17)13-14-15(10)9-6-4-2-3-5-7-9/h9H,2-8H2,1H3,(H,16,17).